The Hall–Kier alpha value is -0.970. The molecule has 1 aromatic rings. The van der Waals surface area contributed by atoms with Crippen molar-refractivity contribution in [1.29, 1.82) is 0 Å². The van der Waals surface area contributed by atoms with Crippen LogP contribution in [0.4, 0.5) is 4.39 Å². The Morgan fingerprint density at radius 2 is 1.95 bits per heavy atom. The van der Waals surface area contributed by atoms with Crippen molar-refractivity contribution < 1.29 is 4.39 Å². The van der Waals surface area contributed by atoms with E-state index in [9.17, 15) is 4.39 Å². The third kappa shape index (κ3) is 3.57. The van der Waals surface area contributed by atoms with Crippen molar-refractivity contribution in [2.75, 3.05) is 26.7 Å². The molecule has 1 saturated heterocycles. The van der Waals surface area contributed by atoms with Crippen LogP contribution >= 0.6 is 0 Å². The second kappa shape index (κ2) is 7.16. The predicted molar refractivity (Wildman–Crippen MR) is 80.9 cm³/mol. The lowest BCUT2D eigenvalue weighted by molar-refractivity contribution is 0.126. The topological polar surface area (TPSA) is 32.5 Å². The van der Waals surface area contributed by atoms with Crippen molar-refractivity contribution in [2.24, 2.45) is 5.73 Å². The Bertz CT molecular complexity index is 428. The van der Waals surface area contributed by atoms with E-state index in [1.807, 2.05) is 12.1 Å². The van der Waals surface area contributed by atoms with Gasteiger partial charge in [0.1, 0.15) is 5.82 Å². The summed E-state index contributed by atoms with van der Waals surface area (Å²) < 4.78 is 14.2. The molecule has 0 aromatic heterocycles. The van der Waals surface area contributed by atoms with Crippen LogP contribution in [0.1, 0.15) is 30.9 Å². The Kier molecular flexibility index (Phi) is 5.52. The fraction of sp³-hybridized carbons (Fsp3) is 0.625. The molecule has 0 unspecified atom stereocenters. The first-order valence-electron chi connectivity index (χ1n) is 7.54. The van der Waals surface area contributed by atoms with Gasteiger partial charge in [0.25, 0.3) is 0 Å². The number of hydrogen-bond donors (Lipinski definition) is 1. The molecule has 1 heterocycles. The predicted octanol–water partition coefficient (Wildman–Crippen LogP) is 2.20. The summed E-state index contributed by atoms with van der Waals surface area (Å²) in [7, 11) is 2.10. The van der Waals surface area contributed by atoms with Crippen LogP contribution in [0.3, 0.4) is 0 Å². The summed E-state index contributed by atoms with van der Waals surface area (Å²) in [5, 5.41) is 0. The average Bonchev–Trinajstić information content (AvgIpc) is 2.49. The van der Waals surface area contributed by atoms with Crippen molar-refractivity contribution in [3.05, 3.63) is 35.1 Å². The summed E-state index contributed by atoms with van der Waals surface area (Å²) in [5.74, 6) is -0.132. The molecule has 3 nitrogen and oxygen atoms in total. The van der Waals surface area contributed by atoms with Crippen LogP contribution in [-0.4, -0.2) is 42.5 Å². The molecule has 0 amide bonds. The van der Waals surface area contributed by atoms with Crippen molar-refractivity contribution >= 4 is 0 Å². The zero-order valence-corrected chi connectivity index (χ0v) is 12.6. The summed E-state index contributed by atoms with van der Waals surface area (Å²) in [6.07, 6.45) is 2.34. The van der Waals surface area contributed by atoms with Crippen LogP contribution in [0.15, 0.2) is 18.2 Å². The summed E-state index contributed by atoms with van der Waals surface area (Å²) >= 11 is 0. The van der Waals surface area contributed by atoms with Crippen molar-refractivity contribution in [3.63, 3.8) is 0 Å². The molecule has 2 rings (SSSR count). The Morgan fingerprint density at radius 1 is 1.30 bits per heavy atom. The molecule has 1 aliphatic heterocycles. The molecule has 4 heteroatoms. The second-order valence-electron chi connectivity index (χ2n) is 5.67. The van der Waals surface area contributed by atoms with E-state index in [-0.39, 0.29) is 12.4 Å². The highest BCUT2D eigenvalue weighted by Gasteiger charge is 2.22. The van der Waals surface area contributed by atoms with Crippen molar-refractivity contribution in [2.45, 2.75) is 38.9 Å². The normalized spacial score (nSPS) is 17.9. The fourth-order valence-corrected chi connectivity index (χ4v) is 2.99. The van der Waals surface area contributed by atoms with Crippen LogP contribution in [0.25, 0.3) is 0 Å². The second-order valence-corrected chi connectivity index (χ2v) is 5.67. The fourth-order valence-electron chi connectivity index (χ4n) is 2.99. The van der Waals surface area contributed by atoms with E-state index in [0.717, 1.165) is 25.2 Å². The maximum Gasteiger partial charge on any atom is 0.132 e. The van der Waals surface area contributed by atoms with E-state index in [1.54, 1.807) is 6.07 Å². The molecule has 1 aromatic carbocycles. The van der Waals surface area contributed by atoms with E-state index in [2.05, 4.69) is 23.8 Å². The number of nitrogens with zero attached hydrogens (tertiary/aromatic N) is 2. The van der Waals surface area contributed by atoms with Gasteiger partial charge in [0, 0.05) is 30.3 Å². The van der Waals surface area contributed by atoms with E-state index in [0.29, 0.717) is 18.2 Å². The van der Waals surface area contributed by atoms with Gasteiger partial charge < -0.3 is 10.6 Å². The number of nitrogens with two attached hydrogens (primary N) is 1. The van der Waals surface area contributed by atoms with Crippen molar-refractivity contribution in [3.8, 4) is 0 Å². The molecule has 20 heavy (non-hydrogen) atoms. The molecule has 2 N–H and O–H groups in total. The number of likely N-dealkylation sites (tertiary alicyclic amines) is 1. The molecule has 1 aliphatic rings. The summed E-state index contributed by atoms with van der Waals surface area (Å²) in [5.41, 5.74) is 6.93. The highest BCUT2D eigenvalue weighted by atomic mass is 19.1. The van der Waals surface area contributed by atoms with Crippen LogP contribution in [-0.2, 0) is 13.1 Å². The number of halogens is 1. The molecule has 0 atom stereocenters. The molecule has 0 aliphatic carbocycles. The SMILES string of the molecule is CCN1CCC(N(C)Cc2cccc(CN)c2F)CC1. The first-order chi connectivity index (χ1) is 9.65. The van der Waals surface area contributed by atoms with Gasteiger partial charge >= 0.3 is 0 Å². The lowest BCUT2D eigenvalue weighted by Gasteiger charge is -2.36. The standard InChI is InChI=1S/C16H26FN3/c1-3-20-9-7-15(8-10-20)19(2)12-14-6-4-5-13(11-18)16(14)17/h4-6,15H,3,7-12,18H2,1-2H3. The highest BCUT2D eigenvalue weighted by Crippen LogP contribution is 2.19. The minimum atomic E-state index is -0.132. The van der Waals surface area contributed by atoms with Gasteiger partial charge in [0.15, 0.2) is 0 Å². The van der Waals surface area contributed by atoms with E-state index in [4.69, 9.17) is 5.73 Å². The van der Waals surface area contributed by atoms with Gasteiger partial charge in [-0.1, -0.05) is 25.1 Å². The third-order valence-corrected chi connectivity index (χ3v) is 4.43. The molecular formula is C16H26FN3. The Balaban J connectivity index is 1.96. The molecule has 0 saturated carbocycles. The number of benzene rings is 1. The zero-order valence-electron chi connectivity index (χ0n) is 12.6. The summed E-state index contributed by atoms with van der Waals surface area (Å²) in [4.78, 5) is 4.76. The molecule has 0 radical (unpaired) electrons. The van der Waals surface area contributed by atoms with Crippen LogP contribution < -0.4 is 5.73 Å². The largest absolute Gasteiger partial charge is 0.326 e. The molecular weight excluding hydrogens is 253 g/mol. The number of rotatable bonds is 5. The zero-order chi connectivity index (χ0) is 14.5. The third-order valence-electron chi connectivity index (χ3n) is 4.43. The smallest absolute Gasteiger partial charge is 0.132 e. The molecule has 112 valence electrons. The van der Waals surface area contributed by atoms with Gasteiger partial charge in [-0.2, -0.15) is 0 Å². The summed E-state index contributed by atoms with van der Waals surface area (Å²) in [6.45, 7) is 6.56. The van der Waals surface area contributed by atoms with Crippen molar-refractivity contribution in [1.82, 2.24) is 9.80 Å². The molecule has 1 fully saturated rings. The highest BCUT2D eigenvalue weighted by molar-refractivity contribution is 5.25. The first-order valence-corrected chi connectivity index (χ1v) is 7.54. The van der Waals surface area contributed by atoms with Gasteiger partial charge in [-0.15, -0.1) is 0 Å². The van der Waals surface area contributed by atoms with E-state index in [1.165, 1.54) is 12.8 Å². The van der Waals surface area contributed by atoms with Gasteiger partial charge in [0.2, 0.25) is 0 Å². The van der Waals surface area contributed by atoms with E-state index >= 15 is 0 Å². The first kappa shape index (κ1) is 15.4. The minimum Gasteiger partial charge on any atom is -0.326 e. The van der Waals surface area contributed by atoms with Crippen LogP contribution in [0.5, 0.6) is 0 Å². The Labute approximate surface area is 121 Å². The van der Waals surface area contributed by atoms with Gasteiger partial charge in [-0.25, -0.2) is 4.39 Å². The molecule has 0 spiro atoms. The lowest BCUT2D eigenvalue weighted by Crippen LogP contribution is -2.43. The lowest BCUT2D eigenvalue weighted by atomic mass is 10.0. The maximum atomic E-state index is 14.2. The van der Waals surface area contributed by atoms with Crippen LogP contribution in [0.2, 0.25) is 0 Å². The summed E-state index contributed by atoms with van der Waals surface area (Å²) in [6, 6.07) is 6.08. The monoisotopic (exact) mass is 279 g/mol. The number of piperidine rings is 1. The van der Waals surface area contributed by atoms with Gasteiger partial charge in [-0.05, 0) is 39.5 Å². The van der Waals surface area contributed by atoms with Gasteiger partial charge in [-0.3, -0.25) is 4.90 Å². The Morgan fingerprint density at radius 3 is 2.55 bits per heavy atom. The molecule has 0 bridgehead atoms. The number of hydrogen-bond acceptors (Lipinski definition) is 3. The average molecular weight is 279 g/mol. The van der Waals surface area contributed by atoms with E-state index < -0.39 is 0 Å². The van der Waals surface area contributed by atoms with Gasteiger partial charge in [0.05, 0.1) is 0 Å². The van der Waals surface area contributed by atoms with Crippen LogP contribution in [0, 0.1) is 5.82 Å². The minimum absolute atomic E-state index is 0.132. The maximum absolute atomic E-state index is 14.2. The quantitative estimate of drug-likeness (QED) is 0.897.